The fraction of sp³-hybridized carbons (Fsp3) is 0.0952. The molecule has 0 saturated heterocycles. The molecule has 3 rings (SSSR count). The average Bonchev–Trinajstić information content (AvgIpc) is 2.64. The molecule has 0 aliphatic heterocycles. The Labute approximate surface area is 152 Å². The quantitative estimate of drug-likeness (QED) is 0.583. The predicted molar refractivity (Wildman–Crippen MR) is 106 cm³/mol. The van der Waals surface area contributed by atoms with Crippen molar-refractivity contribution < 1.29 is 4.79 Å². The van der Waals surface area contributed by atoms with Crippen LogP contribution in [0.4, 0.5) is 11.4 Å². The summed E-state index contributed by atoms with van der Waals surface area (Å²) in [5.41, 5.74) is 4.78. The molecule has 3 nitrogen and oxygen atoms in total. The molecule has 0 spiro atoms. The van der Waals surface area contributed by atoms with Crippen LogP contribution in [0.25, 0.3) is 0 Å². The zero-order valence-electron chi connectivity index (χ0n) is 14.2. The fourth-order valence-corrected chi connectivity index (χ4v) is 2.98. The van der Waals surface area contributed by atoms with Crippen molar-refractivity contribution in [2.45, 2.75) is 18.7 Å². The first-order chi connectivity index (χ1) is 12.1. The van der Waals surface area contributed by atoms with Gasteiger partial charge in [0.1, 0.15) is 0 Å². The molecule has 0 bridgehead atoms. The topological polar surface area (TPSA) is 41.1 Å². The van der Waals surface area contributed by atoms with E-state index in [2.05, 4.69) is 17.0 Å². The fourth-order valence-electron chi connectivity index (χ4n) is 2.32. The molecule has 0 aliphatic carbocycles. The van der Waals surface area contributed by atoms with E-state index in [1.54, 1.807) is 11.9 Å². The summed E-state index contributed by atoms with van der Waals surface area (Å²) >= 11 is 1.54. The smallest absolute Gasteiger partial charge is 0.255 e. The standard InChI is InChI=1S/C21H20N2OS/c1-15-8-11-19(14-16(15)2)22-21(24)17-9-12-18(13-10-17)23-25-20-6-4-3-5-7-20/h3-14,23H,1-2H3,(H,22,24). The monoisotopic (exact) mass is 348 g/mol. The Morgan fingerprint density at radius 1 is 0.800 bits per heavy atom. The van der Waals surface area contributed by atoms with Crippen LogP contribution in [0.5, 0.6) is 0 Å². The summed E-state index contributed by atoms with van der Waals surface area (Å²) in [6.07, 6.45) is 0. The van der Waals surface area contributed by atoms with Gasteiger partial charge in [-0.2, -0.15) is 0 Å². The summed E-state index contributed by atoms with van der Waals surface area (Å²) in [4.78, 5) is 13.5. The Hall–Kier alpha value is -2.72. The van der Waals surface area contributed by atoms with Crippen molar-refractivity contribution in [3.05, 3.63) is 89.5 Å². The van der Waals surface area contributed by atoms with Crippen LogP contribution in [0.2, 0.25) is 0 Å². The van der Waals surface area contributed by atoms with Crippen molar-refractivity contribution in [1.82, 2.24) is 0 Å². The zero-order chi connectivity index (χ0) is 17.6. The third kappa shape index (κ3) is 4.64. The van der Waals surface area contributed by atoms with Gasteiger partial charge in [0.05, 0.1) is 0 Å². The Balaban J connectivity index is 1.61. The van der Waals surface area contributed by atoms with Crippen molar-refractivity contribution in [2.75, 3.05) is 10.0 Å². The Bertz CT molecular complexity index is 861. The molecule has 0 aromatic heterocycles. The summed E-state index contributed by atoms with van der Waals surface area (Å²) < 4.78 is 3.28. The van der Waals surface area contributed by atoms with Gasteiger partial charge in [0.2, 0.25) is 0 Å². The van der Waals surface area contributed by atoms with Gasteiger partial charge in [0.25, 0.3) is 5.91 Å². The number of carbonyl (C=O) groups excluding carboxylic acids is 1. The van der Waals surface area contributed by atoms with E-state index in [1.807, 2.05) is 79.7 Å². The number of carbonyl (C=O) groups is 1. The van der Waals surface area contributed by atoms with Crippen molar-refractivity contribution in [3.63, 3.8) is 0 Å². The minimum Gasteiger partial charge on any atom is -0.326 e. The molecular weight excluding hydrogens is 328 g/mol. The highest BCUT2D eigenvalue weighted by Gasteiger charge is 2.07. The first-order valence-corrected chi connectivity index (χ1v) is 8.90. The van der Waals surface area contributed by atoms with Gasteiger partial charge >= 0.3 is 0 Å². The molecule has 0 aliphatic rings. The minimum atomic E-state index is -0.106. The molecule has 0 unspecified atom stereocenters. The van der Waals surface area contributed by atoms with E-state index in [0.29, 0.717) is 5.56 Å². The number of aryl methyl sites for hydroxylation is 2. The maximum atomic E-state index is 12.4. The van der Waals surface area contributed by atoms with Crippen LogP contribution in [0.3, 0.4) is 0 Å². The van der Waals surface area contributed by atoms with Crippen molar-refractivity contribution in [1.29, 1.82) is 0 Å². The van der Waals surface area contributed by atoms with Crippen LogP contribution in [0, 0.1) is 13.8 Å². The van der Waals surface area contributed by atoms with E-state index < -0.39 is 0 Å². The molecule has 1 amide bonds. The van der Waals surface area contributed by atoms with Gasteiger partial charge in [-0.15, -0.1) is 0 Å². The summed E-state index contributed by atoms with van der Waals surface area (Å²) in [6, 6.07) is 23.5. The number of anilines is 2. The summed E-state index contributed by atoms with van der Waals surface area (Å²) in [6.45, 7) is 4.09. The number of hydrogen-bond donors (Lipinski definition) is 2. The molecule has 3 aromatic rings. The van der Waals surface area contributed by atoms with E-state index in [1.165, 1.54) is 5.56 Å². The van der Waals surface area contributed by atoms with Crippen molar-refractivity contribution in [2.24, 2.45) is 0 Å². The van der Waals surface area contributed by atoms with Gasteiger partial charge < -0.3 is 10.0 Å². The first kappa shape index (κ1) is 17.1. The second-order valence-corrected chi connectivity index (χ2v) is 6.73. The van der Waals surface area contributed by atoms with Crippen LogP contribution >= 0.6 is 11.9 Å². The number of nitrogens with one attached hydrogen (secondary N) is 2. The largest absolute Gasteiger partial charge is 0.326 e. The number of benzene rings is 3. The summed E-state index contributed by atoms with van der Waals surface area (Å²) in [5, 5.41) is 2.94. The molecule has 0 atom stereocenters. The van der Waals surface area contributed by atoms with Crippen LogP contribution in [0.1, 0.15) is 21.5 Å². The SMILES string of the molecule is Cc1ccc(NC(=O)c2ccc(NSc3ccccc3)cc2)cc1C. The van der Waals surface area contributed by atoms with Gasteiger partial charge in [-0.05, 0) is 85.5 Å². The van der Waals surface area contributed by atoms with E-state index in [-0.39, 0.29) is 5.91 Å². The molecule has 0 heterocycles. The zero-order valence-corrected chi connectivity index (χ0v) is 15.1. The lowest BCUT2D eigenvalue weighted by molar-refractivity contribution is 0.102. The van der Waals surface area contributed by atoms with E-state index in [0.717, 1.165) is 21.8 Å². The van der Waals surface area contributed by atoms with Gasteiger partial charge in [-0.25, -0.2) is 0 Å². The third-order valence-corrected chi connectivity index (χ3v) is 4.79. The predicted octanol–water partition coefficient (Wildman–Crippen LogP) is 5.67. The molecule has 25 heavy (non-hydrogen) atoms. The molecule has 3 aromatic carbocycles. The Kier molecular flexibility index (Phi) is 5.41. The lowest BCUT2D eigenvalue weighted by Crippen LogP contribution is -2.11. The lowest BCUT2D eigenvalue weighted by atomic mass is 10.1. The summed E-state index contributed by atoms with van der Waals surface area (Å²) in [5.74, 6) is -0.106. The normalized spacial score (nSPS) is 10.3. The molecule has 4 heteroatoms. The third-order valence-electron chi connectivity index (χ3n) is 3.94. The van der Waals surface area contributed by atoms with Crippen molar-refractivity contribution in [3.8, 4) is 0 Å². The average molecular weight is 348 g/mol. The summed E-state index contributed by atoms with van der Waals surface area (Å²) in [7, 11) is 0. The molecular formula is C21H20N2OS. The maximum absolute atomic E-state index is 12.4. The van der Waals surface area contributed by atoms with E-state index in [4.69, 9.17) is 0 Å². The second kappa shape index (κ2) is 7.90. The first-order valence-electron chi connectivity index (χ1n) is 8.08. The number of rotatable bonds is 5. The van der Waals surface area contributed by atoms with Crippen LogP contribution in [0.15, 0.2) is 77.7 Å². The molecule has 2 N–H and O–H groups in total. The van der Waals surface area contributed by atoms with Crippen LogP contribution < -0.4 is 10.0 Å². The molecule has 0 radical (unpaired) electrons. The van der Waals surface area contributed by atoms with E-state index in [9.17, 15) is 4.79 Å². The molecule has 0 saturated carbocycles. The lowest BCUT2D eigenvalue weighted by Gasteiger charge is -2.09. The molecule has 0 fully saturated rings. The van der Waals surface area contributed by atoms with Gasteiger partial charge in [-0.1, -0.05) is 24.3 Å². The second-order valence-electron chi connectivity index (χ2n) is 5.85. The Morgan fingerprint density at radius 3 is 2.16 bits per heavy atom. The van der Waals surface area contributed by atoms with Crippen LogP contribution in [-0.2, 0) is 0 Å². The highest BCUT2D eigenvalue weighted by molar-refractivity contribution is 8.00. The highest BCUT2D eigenvalue weighted by atomic mass is 32.2. The van der Waals surface area contributed by atoms with Gasteiger partial charge in [0.15, 0.2) is 0 Å². The number of amides is 1. The van der Waals surface area contributed by atoms with Gasteiger partial charge in [0, 0.05) is 21.8 Å². The minimum absolute atomic E-state index is 0.106. The van der Waals surface area contributed by atoms with Gasteiger partial charge in [-0.3, -0.25) is 4.79 Å². The van der Waals surface area contributed by atoms with Crippen molar-refractivity contribution >= 4 is 29.2 Å². The number of hydrogen-bond acceptors (Lipinski definition) is 3. The van der Waals surface area contributed by atoms with Crippen LogP contribution in [-0.4, -0.2) is 5.91 Å². The highest BCUT2D eigenvalue weighted by Crippen LogP contribution is 2.21. The molecule has 126 valence electrons. The maximum Gasteiger partial charge on any atom is 0.255 e. The van der Waals surface area contributed by atoms with E-state index >= 15 is 0 Å². The Morgan fingerprint density at radius 2 is 1.48 bits per heavy atom.